The molecule has 1 aromatic carbocycles. The first kappa shape index (κ1) is 16.2. The number of halogens is 3. The van der Waals surface area contributed by atoms with Gasteiger partial charge in [0, 0.05) is 12.6 Å². The van der Waals surface area contributed by atoms with E-state index in [0.29, 0.717) is 35.6 Å². The van der Waals surface area contributed by atoms with Crippen molar-refractivity contribution < 1.29 is 8.78 Å². The Morgan fingerprint density at radius 1 is 1.14 bits per heavy atom. The van der Waals surface area contributed by atoms with Crippen LogP contribution < -0.4 is 0 Å². The van der Waals surface area contributed by atoms with Crippen LogP contribution in [0.2, 0.25) is 0 Å². The van der Waals surface area contributed by atoms with Crippen LogP contribution in [0.15, 0.2) is 12.1 Å². The molecule has 2 rings (SSSR count). The number of nitrogens with zero attached hydrogens (tertiary/aromatic N) is 2. The maximum Gasteiger partial charge on any atom is 0.153 e. The highest BCUT2D eigenvalue weighted by Crippen LogP contribution is 2.28. The van der Waals surface area contributed by atoms with Crippen molar-refractivity contribution in [3.63, 3.8) is 0 Å². The van der Waals surface area contributed by atoms with Crippen molar-refractivity contribution in [2.45, 2.75) is 40.1 Å². The van der Waals surface area contributed by atoms with Gasteiger partial charge >= 0.3 is 0 Å². The van der Waals surface area contributed by atoms with Gasteiger partial charge in [0.1, 0.15) is 17.2 Å². The molecule has 116 valence electrons. The number of imidazole rings is 1. The molecule has 1 aromatic heterocycles. The van der Waals surface area contributed by atoms with Crippen LogP contribution in [0.3, 0.4) is 0 Å². The molecule has 1 heterocycles. The first-order chi connectivity index (χ1) is 9.85. The SMILES string of the molecule is CC(C)C(Cn1c(CCl)nc2c(F)cc(F)cc21)C(C)C. The maximum absolute atomic E-state index is 13.9. The van der Waals surface area contributed by atoms with Gasteiger partial charge < -0.3 is 4.57 Å². The lowest BCUT2D eigenvalue weighted by Crippen LogP contribution is -2.22. The van der Waals surface area contributed by atoms with Gasteiger partial charge in [0.25, 0.3) is 0 Å². The summed E-state index contributed by atoms with van der Waals surface area (Å²) >= 11 is 5.94. The van der Waals surface area contributed by atoms with Crippen LogP contribution in [-0.2, 0) is 12.4 Å². The maximum atomic E-state index is 13.9. The van der Waals surface area contributed by atoms with E-state index in [-0.39, 0.29) is 11.4 Å². The lowest BCUT2D eigenvalue weighted by atomic mass is 9.85. The van der Waals surface area contributed by atoms with Crippen LogP contribution in [0.25, 0.3) is 11.0 Å². The lowest BCUT2D eigenvalue weighted by Gasteiger charge is -2.26. The Morgan fingerprint density at radius 2 is 1.76 bits per heavy atom. The van der Waals surface area contributed by atoms with Crippen molar-refractivity contribution in [3.05, 3.63) is 29.6 Å². The number of fused-ring (bicyclic) bond motifs is 1. The van der Waals surface area contributed by atoms with E-state index in [1.807, 2.05) is 4.57 Å². The zero-order chi connectivity index (χ0) is 15.7. The van der Waals surface area contributed by atoms with E-state index in [4.69, 9.17) is 11.6 Å². The molecule has 21 heavy (non-hydrogen) atoms. The second kappa shape index (κ2) is 6.30. The van der Waals surface area contributed by atoms with E-state index in [2.05, 4.69) is 32.7 Å². The van der Waals surface area contributed by atoms with Gasteiger partial charge in [-0.1, -0.05) is 27.7 Å². The normalized spacial score (nSPS) is 12.3. The molecule has 2 nitrogen and oxygen atoms in total. The summed E-state index contributed by atoms with van der Waals surface area (Å²) in [5, 5.41) is 0. The number of hydrogen-bond acceptors (Lipinski definition) is 1. The molecule has 0 spiro atoms. The van der Waals surface area contributed by atoms with Crippen molar-refractivity contribution in [1.82, 2.24) is 9.55 Å². The third kappa shape index (κ3) is 3.20. The second-order valence-corrected chi connectivity index (χ2v) is 6.45. The molecule has 0 saturated carbocycles. The van der Waals surface area contributed by atoms with E-state index in [1.165, 1.54) is 6.07 Å². The molecule has 0 amide bonds. The molecule has 0 N–H and O–H groups in total. The Hall–Kier alpha value is -1.16. The van der Waals surface area contributed by atoms with Crippen LogP contribution in [0.5, 0.6) is 0 Å². The molecule has 0 fully saturated rings. The molecule has 0 saturated heterocycles. The largest absolute Gasteiger partial charge is 0.327 e. The number of benzene rings is 1. The van der Waals surface area contributed by atoms with Crippen molar-refractivity contribution >= 4 is 22.6 Å². The Kier molecular flexibility index (Phi) is 4.87. The van der Waals surface area contributed by atoms with Crippen LogP contribution in [0, 0.1) is 29.4 Å². The number of aromatic nitrogens is 2. The fourth-order valence-corrected chi connectivity index (χ4v) is 3.11. The second-order valence-electron chi connectivity index (χ2n) is 6.18. The van der Waals surface area contributed by atoms with Gasteiger partial charge in [-0.3, -0.25) is 0 Å². The molecule has 0 aliphatic rings. The standard InChI is InChI=1S/C16H21ClF2N2/c1-9(2)12(10(3)4)8-21-14-6-11(18)5-13(19)16(14)20-15(21)7-17/h5-6,9-10,12H,7-8H2,1-4H3. The smallest absolute Gasteiger partial charge is 0.153 e. The third-order valence-corrected chi connectivity index (χ3v) is 4.32. The van der Waals surface area contributed by atoms with Gasteiger partial charge in [-0.05, 0) is 23.8 Å². The zero-order valence-electron chi connectivity index (χ0n) is 12.8. The summed E-state index contributed by atoms with van der Waals surface area (Å²) in [4.78, 5) is 4.23. The monoisotopic (exact) mass is 314 g/mol. The third-order valence-electron chi connectivity index (χ3n) is 4.08. The fourth-order valence-electron chi connectivity index (χ4n) is 2.91. The van der Waals surface area contributed by atoms with E-state index in [0.717, 1.165) is 6.07 Å². The molecule has 0 aliphatic heterocycles. The predicted octanol–water partition coefficient (Wildman–Crippen LogP) is 4.98. The molecular formula is C16H21ClF2N2. The molecular weight excluding hydrogens is 294 g/mol. The minimum atomic E-state index is -0.638. The summed E-state index contributed by atoms with van der Waals surface area (Å²) in [5.41, 5.74) is 0.674. The topological polar surface area (TPSA) is 17.8 Å². The van der Waals surface area contributed by atoms with Gasteiger partial charge in [0.2, 0.25) is 0 Å². The quantitative estimate of drug-likeness (QED) is 0.712. The Bertz CT molecular complexity index is 627. The van der Waals surface area contributed by atoms with Gasteiger partial charge in [-0.25, -0.2) is 13.8 Å². The Labute approximate surface area is 129 Å². The van der Waals surface area contributed by atoms with Gasteiger partial charge in [-0.2, -0.15) is 0 Å². The predicted molar refractivity (Wildman–Crippen MR) is 82.4 cm³/mol. The van der Waals surface area contributed by atoms with Crippen molar-refractivity contribution in [2.24, 2.45) is 17.8 Å². The number of hydrogen-bond donors (Lipinski definition) is 0. The Balaban J connectivity index is 2.56. The molecule has 5 heteroatoms. The first-order valence-electron chi connectivity index (χ1n) is 7.25. The van der Waals surface area contributed by atoms with Crippen LogP contribution in [0.1, 0.15) is 33.5 Å². The fraction of sp³-hybridized carbons (Fsp3) is 0.562. The summed E-state index contributed by atoms with van der Waals surface area (Å²) in [6.07, 6.45) is 0. The van der Waals surface area contributed by atoms with Crippen molar-refractivity contribution in [2.75, 3.05) is 0 Å². The molecule has 0 unspecified atom stereocenters. The first-order valence-corrected chi connectivity index (χ1v) is 7.78. The highest BCUT2D eigenvalue weighted by molar-refractivity contribution is 6.16. The van der Waals surface area contributed by atoms with Crippen LogP contribution in [0.4, 0.5) is 8.78 Å². The molecule has 2 aromatic rings. The van der Waals surface area contributed by atoms with E-state index < -0.39 is 11.6 Å². The summed E-state index contributed by atoms with van der Waals surface area (Å²) in [6.45, 7) is 9.30. The molecule has 0 atom stereocenters. The van der Waals surface area contributed by atoms with Crippen LogP contribution in [-0.4, -0.2) is 9.55 Å². The molecule has 0 radical (unpaired) electrons. The summed E-state index contributed by atoms with van der Waals surface area (Å²) in [7, 11) is 0. The van der Waals surface area contributed by atoms with Crippen molar-refractivity contribution in [3.8, 4) is 0 Å². The minimum absolute atomic E-state index is 0.179. The highest BCUT2D eigenvalue weighted by Gasteiger charge is 2.22. The Morgan fingerprint density at radius 3 is 2.29 bits per heavy atom. The number of rotatable bonds is 5. The van der Waals surface area contributed by atoms with Gasteiger partial charge in [0.15, 0.2) is 5.82 Å². The average Bonchev–Trinajstić information content (AvgIpc) is 2.73. The van der Waals surface area contributed by atoms with Crippen molar-refractivity contribution in [1.29, 1.82) is 0 Å². The number of alkyl halides is 1. The zero-order valence-corrected chi connectivity index (χ0v) is 13.6. The lowest BCUT2D eigenvalue weighted by molar-refractivity contribution is 0.252. The summed E-state index contributed by atoms with van der Waals surface area (Å²) < 4.78 is 29.3. The van der Waals surface area contributed by atoms with E-state index in [9.17, 15) is 8.78 Å². The highest BCUT2D eigenvalue weighted by atomic mass is 35.5. The summed E-state index contributed by atoms with van der Waals surface area (Å²) in [5.74, 6) is 0.846. The molecule has 0 aliphatic carbocycles. The van der Waals surface area contributed by atoms with Gasteiger partial charge in [0.05, 0.1) is 11.4 Å². The summed E-state index contributed by atoms with van der Waals surface area (Å²) in [6, 6.07) is 2.19. The average molecular weight is 315 g/mol. The van der Waals surface area contributed by atoms with Crippen LogP contribution >= 0.6 is 11.6 Å². The van der Waals surface area contributed by atoms with E-state index >= 15 is 0 Å². The minimum Gasteiger partial charge on any atom is -0.327 e. The van der Waals surface area contributed by atoms with Gasteiger partial charge in [-0.15, -0.1) is 11.6 Å². The van der Waals surface area contributed by atoms with E-state index in [1.54, 1.807) is 0 Å². The molecule has 0 bridgehead atoms.